The van der Waals surface area contributed by atoms with E-state index in [1.165, 1.54) is 0 Å². The van der Waals surface area contributed by atoms with E-state index >= 15 is 0 Å². The second-order valence-electron chi connectivity index (χ2n) is 6.72. The number of amides is 1. The van der Waals surface area contributed by atoms with Crippen LogP contribution >= 0.6 is 44.5 Å². The Labute approximate surface area is 175 Å². The number of benzene rings is 2. The highest BCUT2D eigenvalue weighted by Crippen LogP contribution is 2.55. The van der Waals surface area contributed by atoms with Crippen LogP contribution in [0.25, 0.3) is 11.1 Å². The first kappa shape index (κ1) is 18.6. The van der Waals surface area contributed by atoms with E-state index in [-0.39, 0.29) is 5.91 Å². The van der Waals surface area contributed by atoms with Crippen LogP contribution in [0.1, 0.15) is 29.1 Å². The van der Waals surface area contributed by atoms with E-state index in [9.17, 15) is 4.79 Å². The molecule has 138 valence electrons. The molecule has 1 aromatic heterocycles. The molecule has 0 bridgehead atoms. The molecule has 0 saturated heterocycles. The monoisotopic (exact) mass is 433 g/mol. The lowest BCUT2D eigenvalue weighted by molar-refractivity contribution is 0.0960. The Morgan fingerprint density at radius 1 is 1.15 bits per heavy atom. The van der Waals surface area contributed by atoms with Crippen molar-refractivity contribution in [2.75, 3.05) is 12.0 Å². The molecule has 0 atom stereocenters. The number of hydrogen-bond acceptors (Lipinski definition) is 5. The Bertz CT molecular complexity index is 1100. The van der Waals surface area contributed by atoms with Crippen molar-refractivity contribution < 1.29 is 9.53 Å². The molecule has 0 unspecified atom stereocenters. The summed E-state index contributed by atoms with van der Waals surface area (Å²) in [7, 11) is 4.83. The maximum atomic E-state index is 13.6. The summed E-state index contributed by atoms with van der Waals surface area (Å²) in [5.74, 6) is 0.552. The molecule has 3 aromatic rings. The molecule has 0 aliphatic carbocycles. The van der Waals surface area contributed by atoms with Crippen LogP contribution in [0.15, 0.2) is 42.5 Å². The number of carbonyl (C=O) groups is 1. The molecule has 0 N–H and O–H groups in total. The minimum absolute atomic E-state index is 0.0996. The highest BCUT2D eigenvalue weighted by atomic mass is 35.5. The van der Waals surface area contributed by atoms with Gasteiger partial charge >= 0.3 is 0 Å². The van der Waals surface area contributed by atoms with Gasteiger partial charge in [-0.05, 0) is 44.2 Å². The van der Waals surface area contributed by atoms with Gasteiger partial charge in [-0.15, -0.1) is 0 Å². The third-order valence-corrected chi connectivity index (χ3v) is 8.33. The standard InChI is InChI=1S/C20H16ClNO2S3/c1-20(2)17-15(19(25)27-26-17)13-5-4-6-14(24-3)16(13)22(20)18(23)11-7-9-12(21)10-8-11/h4-10H,1-3H3. The highest BCUT2D eigenvalue weighted by molar-refractivity contribution is 7.80. The molecular formula is C20H16ClNO2S3. The lowest BCUT2D eigenvalue weighted by Gasteiger charge is -2.43. The average Bonchev–Trinajstić information content (AvgIpc) is 3.04. The fourth-order valence-corrected chi connectivity index (χ4v) is 6.88. The van der Waals surface area contributed by atoms with Gasteiger partial charge in [0.1, 0.15) is 9.57 Å². The van der Waals surface area contributed by atoms with Crippen LogP contribution in [-0.4, -0.2) is 13.0 Å². The van der Waals surface area contributed by atoms with Crippen molar-refractivity contribution in [3.05, 3.63) is 61.8 Å². The molecule has 4 rings (SSSR count). The Hall–Kier alpha value is -1.73. The summed E-state index contributed by atoms with van der Waals surface area (Å²) in [5.41, 5.74) is 2.75. The van der Waals surface area contributed by atoms with Crippen molar-refractivity contribution in [3.63, 3.8) is 0 Å². The zero-order valence-corrected chi connectivity index (χ0v) is 18.1. The van der Waals surface area contributed by atoms with Crippen molar-refractivity contribution in [2.24, 2.45) is 0 Å². The topological polar surface area (TPSA) is 29.5 Å². The van der Waals surface area contributed by atoms with Crippen molar-refractivity contribution >= 4 is 56.1 Å². The van der Waals surface area contributed by atoms with Crippen molar-refractivity contribution in [1.82, 2.24) is 0 Å². The molecule has 3 nitrogen and oxygen atoms in total. The van der Waals surface area contributed by atoms with Gasteiger partial charge in [0.05, 0.1) is 23.2 Å². The number of ether oxygens (including phenoxy) is 1. The number of halogens is 1. The molecule has 1 amide bonds. The number of carbonyl (C=O) groups excluding carboxylic acids is 1. The van der Waals surface area contributed by atoms with Crippen LogP contribution in [0.5, 0.6) is 5.75 Å². The molecule has 0 spiro atoms. The van der Waals surface area contributed by atoms with Crippen molar-refractivity contribution in [3.8, 4) is 16.9 Å². The van der Waals surface area contributed by atoms with Gasteiger partial charge in [0, 0.05) is 21.7 Å². The summed E-state index contributed by atoms with van der Waals surface area (Å²) in [6, 6.07) is 12.8. The molecule has 0 saturated carbocycles. The number of anilines is 1. The predicted octanol–water partition coefficient (Wildman–Crippen LogP) is 6.76. The molecule has 1 aliphatic heterocycles. The summed E-state index contributed by atoms with van der Waals surface area (Å²) in [5, 5.41) is 0.598. The van der Waals surface area contributed by atoms with E-state index in [1.54, 1.807) is 52.1 Å². The van der Waals surface area contributed by atoms with Crippen LogP contribution in [-0.2, 0) is 5.54 Å². The molecule has 27 heavy (non-hydrogen) atoms. The average molecular weight is 434 g/mol. The van der Waals surface area contributed by atoms with Gasteiger partial charge in [-0.3, -0.25) is 9.69 Å². The Balaban J connectivity index is 2.01. The lowest BCUT2D eigenvalue weighted by atomic mass is 9.86. The fourth-order valence-electron chi connectivity index (χ4n) is 3.47. The van der Waals surface area contributed by atoms with Gasteiger partial charge in [-0.25, -0.2) is 0 Å². The minimum atomic E-state index is -0.564. The van der Waals surface area contributed by atoms with E-state index in [4.69, 9.17) is 28.6 Å². The summed E-state index contributed by atoms with van der Waals surface area (Å²) in [6.07, 6.45) is 0. The first-order valence-corrected chi connectivity index (χ1v) is 11.2. The van der Waals surface area contributed by atoms with E-state index in [0.717, 1.165) is 25.5 Å². The second kappa shape index (κ2) is 6.71. The third-order valence-electron chi connectivity index (χ3n) is 4.75. The summed E-state index contributed by atoms with van der Waals surface area (Å²) in [4.78, 5) is 16.5. The zero-order valence-electron chi connectivity index (χ0n) is 14.9. The number of fused-ring (bicyclic) bond motifs is 3. The molecule has 0 radical (unpaired) electrons. The number of methoxy groups -OCH3 is 1. The first-order chi connectivity index (χ1) is 12.9. The largest absolute Gasteiger partial charge is 0.495 e. The summed E-state index contributed by atoms with van der Waals surface area (Å²) >= 11 is 11.6. The third kappa shape index (κ3) is 2.83. The Morgan fingerprint density at radius 2 is 1.85 bits per heavy atom. The molecule has 7 heteroatoms. The van der Waals surface area contributed by atoms with Crippen LogP contribution in [0.2, 0.25) is 5.02 Å². The van der Waals surface area contributed by atoms with Crippen LogP contribution in [0, 0.1) is 3.82 Å². The van der Waals surface area contributed by atoms with Gasteiger partial charge in [0.2, 0.25) is 0 Å². The lowest BCUT2D eigenvalue weighted by Crippen LogP contribution is -2.48. The zero-order chi connectivity index (χ0) is 19.3. The maximum Gasteiger partial charge on any atom is 0.259 e. The Morgan fingerprint density at radius 3 is 2.52 bits per heavy atom. The molecule has 0 fully saturated rings. The maximum absolute atomic E-state index is 13.6. The highest BCUT2D eigenvalue weighted by Gasteiger charge is 2.44. The van der Waals surface area contributed by atoms with Crippen LogP contribution in [0.4, 0.5) is 5.69 Å². The normalized spacial score (nSPS) is 14.4. The quantitative estimate of drug-likeness (QED) is 0.330. The number of para-hydroxylation sites is 1. The van der Waals surface area contributed by atoms with Gasteiger partial charge < -0.3 is 4.74 Å². The molecule has 1 aliphatic rings. The summed E-state index contributed by atoms with van der Waals surface area (Å²) < 4.78 is 6.47. The molecule has 2 aromatic carbocycles. The smallest absolute Gasteiger partial charge is 0.259 e. The number of hydrogen-bond donors (Lipinski definition) is 0. The van der Waals surface area contributed by atoms with Gasteiger partial charge in [0.15, 0.2) is 0 Å². The predicted molar refractivity (Wildman–Crippen MR) is 116 cm³/mol. The van der Waals surface area contributed by atoms with E-state index in [1.807, 2.05) is 36.9 Å². The first-order valence-electron chi connectivity index (χ1n) is 8.27. The number of rotatable bonds is 2. The van der Waals surface area contributed by atoms with Crippen molar-refractivity contribution in [2.45, 2.75) is 19.4 Å². The van der Waals surface area contributed by atoms with Gasteiger partial charge in [-0.2, -0.15) is 0 Å². The summed E-state index contributed by atoms with van der Waals surface area (Å²) in [6.45, 7) is 4.10. The van der Waals surface area contributed by atoms with E-state index in [0.29, 0.717) is 16.3 Å². The van der Waals surface area contributed by atoms with E-state index < -0.39 is 5.54 Å². The fraction of sp³-hybridized carbons (Fsp3) is 0.200. The number of nitrogens with zero attached hydrogens (tertiary/aromatic N) is 1. The molecular weight excluding hydrogens is 418 g/mol. The molecule has 2 heterocycles. The van der Waals surface area contributed by atoms with Crippen LogP contribution in [0.3, 0.4) is 0 Å². The van der Waals surface area contributed by atoms with Crippen LogP contribution < -0.4 is 9.64 Å². The van der Waals surface area contributed by atoms with Crippen molar-refractivity contribution in [1.29, 1.82) is 0 Å². The SMILES string of the molecule is COc1cccc2c1N(C(=O)c1ccc(Cl)cc1)C(C)(C)c1ssc(=S)c1-2. The minimum Gasteiger partial charge on any atom is -0.495 e. The van der Waals surface area contributed by atoms with Gasteiger partial charge in [-0.1, -0.05) is 56.6 Å². The van der Waals surface area contributed by atoms with E-state index in [2.05, 4.69) is 0 Å². The second-order valence-corrected chi connectivity index (χ2v) is 9.97. The van der Waals surface area contributed by atoms with Gasteiger partial charge in [0.25, 0.3) is 5.91 Å². The Kier molecular flexibility index (Phi) is 4.63.